The van der Waals surface area contributed by atoms with Crippen LogP contribution in [0.15, 0.2) is 108 Å². The van der Waals surface area contributed by atoms with Gasteiger partial charge in [-0.2, -0.15) is 0 Å². The Morgan fingerprint density at radius 3 is 2.32 bits per heavy atom. The molecule has 0 bridgehead atoms. The van der Waals surface area contributed by atoms with Crippen molar-refractivity contribution in [3.8, 4) is 11.6 Å². The quantitative estimate of drug-likeness (QED) is 0.156. The zero-order chi connectivity index (χ0) is 39.6. The van der Waals surface area contributed by atoms with Gasteiger partial charge in [0.05, 0.1) is 11.6 Å². The summed E-state index contributed by atoms with van der Waals surface area (Å²) in [5.74, 6) is -2.30. The van der Waals surface area contributed by atoms with Crippen molar-refractivity contribution in [3.63, 3.8) is 0 Å². The highest BCUT2D eigenvalue weighted by Gasteiger charge is 2.64. The number of aliphatic hydroxyl groups is 2. The van der Waals surface area contributed by atoms with Crippen LogP contribution in [0.2, 0.25) is 0 Å². The zero-order valence-corrected chi connectivity index (χ0v) is 32.4. The van der Waals surface area contributed by atoms with Crippen LogP contribution < -0.4 is 14.4 Å². The van der Waals surface area contributed by atoms with Crippen LogP contribution in [-0.2, 0) is 19.6 Å². The number of hydrogen-bond acceptors (Lipinski definition) is 11. The Morgan fingerprint density at radius 1 is 0.982 bits per heavy atom. The van der Waals surface area contributed by atoms with Gasteiger partial charge in [-0.1, -0.05) is 72.8 Å². The van der Waals surface area contributed by atoms with Crippen molar-refractivity contribution in [3.05, 3.63) is 143 Å². The van der Waals surface area contributed by atoms with E-state index in [1.807, 2.05) is 71.6 Å². The number of aliphatic hydroxyl groups excluding tert-OH is 1. The van der Waals surface area contributed by atoms with E-state index in [2.05, 4.69) is 42.2 Å². The SMILES string of the molecule is C=CCN(CC=C)[C@@H]1c2onc(OCc3ccccc3)c2C(=O)[C@@]2(O)C(O)=C3C(=O)c4c(OCc5ccccc5)cc5c(c4C[C@H]3C[C@@H]12)N(C)CC1CCN(C)C51. The van der Waals surface area contributed by atoms with Gasteiger partial charge in [0.15, 0.2) is 17.1 Å². The molecule has 1 fully saturated rings. The van der Waals surface area contributed by atoms with Crippen LogP contribution in [0.5, 0.6) is 11.6 Å². The number of allylic oxidation sites excluding steroid dienone is 1. The largest absolute Gasteiger partial charge is 0.508 e. The number of carbonyl (C=O) groups excluding carboxylic acids is 2. The molecule has 5 aliphatic rings. The molecule has 1 aromatic heterocycles. The van der Waals surface area contributed by atoms with Gasteiger partial charge >= 0.3 is 0 Å². The summed E-state index contributed by atoms with van der Waals surface area (Å²) in [5.41, 5.74) is 2.69. The Kier molecular flexibility index (Phi) is 9.42. The van der Waals surface area contributed by atoms with Crippen LogP contribution in [0.4, 0.5) is 5.69 Å². The number of Topliss-reactive ketones (excluding diaryl/α,β-unsaturated/α-hetero) is 2. The standard InChI is InChI=1S/C46H48N4O7/c1-5-18-50(19-6-2)40-33-22-30-21-31-36(34(55-25-27-13-9-7-10-14-27)23-32-38-29(17-20-48(38)3)24-49(4)39(31)32)41(51)35(30)43(52)46(33,54)44(53)37-42(40)57-47-45(37)56-26-28-15-11-8-12-16-28/h5-16,23,29-30,33,38,40,52,54H,1-2,17-22,24-26H2,3-4H3/t29?,30-,33-,38?,40-,46-/m0/s1. The summed E-state index contributed by atoms with van der Waals surface area (Å²) in [6.45, 7) is 10.8. The van der Waals surface area contributed by atoms with Crippen molar-refractivity contribution in [2.45, 2.75) is 50.2 Å². The fourth-order valence-electron chi connectivity index (χ4n) is 10.5. The molecule has 0 amide bonds. The van der Waals surface area contributed by atoms with E-state index < -0.39 is 40.8 Å². The fourth-order valence-corrected chi connectivity index (χ4v) is 10.5. The number of aromatic nitrogens is 1. The van der Waals surface area contributed by atoms with Crippen molar-refractivity contribution < 1.29 is 33.8 Å². The predicted octanol–water partition coefficient (Wildman–Crippen LogP) is 6.80. The number of benzene rings is 3. The lowest BCUT2D eigenvalue weighted by molar-refractivity contribution is -0.0601. The highest BCUT2D eigenvalue weighted by Crippen LogP contribution is 2.59. The normalized spacial score (nSPS) is 26.2. The Hall–Kier alpha value is -5.49. The maximum absolute atomic E-state index is 15.2. The van der Waals surface area contributed by atoms with Gasteiger partial charge in [-0.3, -0.25) is 19.4 Å². The number of rotatable bonds is 11. The topological polar surface area (TPSA) is 129 Å². The predicted molar refractivity (Wildman–Crippen MR) is 215 cm³/mol. The molecule has 0 radical (unpaired) electrons. The number of likely N-dealkylation sites (tertiary alicyclic amines) is 1. The van der Waals surface area contributed by atoms with Crippen LogP contribution in [0.1, 0.15) is 73.7 Å². The lowest BCUT2D eigenvalue weighted by Crippen LogP contribution is -2.60. The summed E-state index contributed by atoms with van der Waals surface area (Å²) < 4.78 is 18.6. The van der Waals surface area contributed by atoms with Crippen molar-refractivity contribution in [2.24, 2.45) is 17.8 Å². The number of nitrogens with zero attached hydrogens (tertiary/aromatic N) is 4. The fraction of sp³-hybridized carbons (Fsp3) is 0.370. The van der Waals surface area contributed by atoms with Gasteiger partial charge in [0.2, 0.25) is 5.78 Å². The summed E-state index contributed by atoms with van der Waals surface area (Å²) in [5, 5.41) is 29.6. The Labute approximate surface area is 332 Å². The van der Waals surface area contributed by atoms with Gasteiger partial charge in [-0.25, -0.2) is 0 Å². The number of fused-ring (bicyclic) bond motifs is 8. The summed E-state index contributed by atoms with van der Waals surface area (Å²) in [6.07, 6.45) is 5.16. The minimum Gasteiger partial charge on any atom is -0.508 e. The first-order valence-electron chi connectivity index (χ1n) is 19.8. The molecule has 2 unspecified atom stereocenters. The maximum atomic E-state index is 15.2. The molecule has 57 heavy (non-hydrogen) atoms. The van der Waals surface area contributed by atoms with E-state index in [0.717, 1.165) is 47.5 Å². The second-order valence-corrected chi connectivity index (χ2v) is 16.2. The second kappa shape index (κ2) is 14.5. The molecule has 3 heterocycles. The molecule has 0 saturated carbocycles. The molecule has 11 nitrogen and oxygen atoms in total. The lowest BCUT2D eigenvalue weighted by atomic mass is 9.58. The van der Waals surface area contributed by atoms with Gasteiger partial charge < -0.3 is 29.1 Å². The Bertz CT molecular complexity index is 2280. The molecule has 3 aromatic carbocycles. The van der Waals surface area contributed by atoms with Crippen LogP contribution in [-0.4, -0.2) is 82.6 Å². The van der Waals surface area contributed by atoms with Gasteiger partial charge in [0.1, 0.15) is 30.3 Å². The van der Waals surface area contributed by atoms with E-state index in [4.69, 9.17) is 14.0 Å². The summed E-state index contributed by atoms with van der Waals surface area (Å²) in [7, 11) is 4.25. The van der Waals surface area contributed by atoms with E-state index >= 15 is 4.79 Å². The van der Waals surface area contributed by atoms with E-state index in [-0.39, 0.29) is 48.5 Å². The summed E-state index contributed by atoms with van der Waals surface area (Å²) >= 11 is 0. The van der Waals surface area contributed by atoms with Gasteiger partial charge in [-0.15, -0.1) is 13.2 Å². The lowest BCUT2D eigenvalue weighted by Gasteiger charge is -2.50. The number of anilines is 1. The maximum Gasteiger partial charge on any atom is 0.265 e. The first kappa shape index (κ1) is 37.1. The molecule has 294 valence electrons. The monoisotopic (exact) mass is 768 g/mol. The molecule has 11 heteroatoms. The number of carbonyl (C=O) groups is 2. The molecular formula is C46H48N4O7. The molecule has 9 rings (SSSR count). The molecule has 0 spiro atoms. The van der Waals surface area contributed by atoms with Crippen LogP contribution in [0.3, 0.4) is 0 Å². The highest BCUT2D eigenvalue weighted by atomic mass is 16.5. The molecule has 6 atom stereocenters. The van der Waals surface area contributed by atoms with Gasteiger partial charge in [-0.05, 0) is 78.2 Å². The van der Waals surface area contributed by atoms with E-state index in [1.54, 1.807) is 12.2 Å². The molecule has 3 aliphatic carbocycles. The third-order valence-corrected chi connectivity index (χ3v) is 12.9. The third-order valence-electron chi connectivity index (χ3n) is 12.9. The van der Waals surface area contributed by atoms with Gasteiger partial charge in [0, 0.05) is 49.9 Å². The molecule has 2 aliphatic heterocycles. The van der Waals surface area contributed by atoms with Crippen LogP contribution >= 0.6 is 0 Å². The Balaban J connectivity index is 1.19. The first-order valence-corrected chi connectivity index (χ1v) is 19.8. The Morgan fingerprint density at radius 2 is 1.65 bits per heavy atom. The average Bonchev–Trinajstić information content (AvgIpc) is 3.81. The smallest absolute Gasteiger partial charge is 0.265 e. The van der Waals surface area contributed by atoms with E-state index in [1.165, 1.54) is 0 Å². The first-order chi connectivity index (χ1) is 27.6. The zero-order valence-electron chi connectivity index (χ0n) is 32.4. The van der Waals surface area contributed by atoms with Crippen molar-refractivity contribution >= 4 is 17.3 Å². The van der Waals surface area contributed by atoms with Crippen molar-refractivity contribution in [1.29, 1.82) is 0 Å². The van der Waals surface area contributed by atoms with Gasteiger partial charge in [0.25, 0.3) is 5.88 Å². The summed E-state index contributed by atoms with van der Waals surface area (Å²) in [6, 6.07) is 20.7. The number of ketones is 2. The summed E-state index contributed by atoms with van der Waals surface area (Å²) in [4.78, 5) is 36.7. The average molecular weight is 769 g/mol. The minimum absolute atomic E-state index is 0.0397. The molecule has 4 aromatic rings. The van der Waals surface area contributed by atoms with Crippen LogP contribution in [0.25, 0.3) is 0 Å². The second-order valence-electron chi connectivity index (χ2n) is 16.2. The highest BCUT2D eigenvalue weighted by molar-refractivity contribution is 6.16. The van der Waals surface area contributed by atoms with Crippen molar-refractivity contribution in [2.75, 3.05) is 45.2 Å². The number of ether oxygens (including phenoxy) is 2. The van der Waals surface area contributed by atoms with Crippen molar-refractivity contribution in [1.82, 2.24) is 15.0 Å². The third kappa shape index (κ3) is 5.85. The molecule has 1 saturated heterocycles. The van der Waals surface area contributed by atoms with Crippen LogP contribution in [0, 0.1) is 17.8 Å². The number of hydrogen-bond donors (Lipinski definition) is 2. The van der Waals surface area contributed by atoms with E-state index in [9.17, 15) is 15.0 Å². The minimum atomic E-state index is -2.48. The molecular weight excluding hydrogens is 721 g/mol. The van der Waals surface area contributed by atoms with E-state index in [0.29, 0.717) is 36.7 Å². The molecule has 2 N–H and O–H groups in total.